The Morgan fingerprint density at radius 1 is 1.18 bits per heavy atom. The van der Waals surface area contributed by atoms with E-state index in [1.807, 2.05) is 19.1 Å². The van der Waals surface area contributed by atoms with Crippen molar-refractivity contribution in [3.63, 3.8) is 0 Å². The number of amides is 1. The molecule has 2 rings (SSSR count). The highest BCUT2D eigenvalue weighted by Crippen LogP contribution is 2.20. The Bertz CT molecular complexity index is 674. The third-order valence-electron chi connectivity index (χ3n) is 2.78. The van der Waals surface area contributed by atoms with E-state index in [1.54, 1.807) is 36.4 Å². The summed E-state index contributed by atoms with van der Waals surface area (Å²) in [6.07, 6.45) is 0. The molecule has 0 aliphatic heterocycles. The number of benzene rings is 2. The number of rotatable bonds is 4. The topological polar surface area (TPSA) is 50.4 Å². The molecule has 0 aliphatic rings. The van der Waals surface area contributed by atoms with Crippen LogP contribution in [0.2, 0.25) is 5.02 Å². The summed E-state index contributed by atoms with van der Waals surface area (Å²) in [6.45, 7) is 2.48. The molecule has 0 aliphatic carbocycles. The first-order valence-corrected chi connectivity index (χ1v) is 7.48. The van der Waals surface area contributed by atoms with Crippen LogP contribution in [0.1, 0.15) is 17.3 Å². The van der Waals surface area contributed by atoms with Crippen molar-refractivity contribution in [1.29, 1.82) is 0 Å². The van der Waals surface area contributed by atoms with Gasteiger partial charge in [-0.2, -0.15) is 0 Å². The Labute approximate surface area is 139 Å². The Kier molecular flexibility index (Phi) is 5.75. The maximum atomic E-state index is 12.1. The molecule has 0 unspecified atom stereocenters. The number of nitrogens with one attached hydrogen (secondary N) is 2. The largest absolute Gasteiger partial charge is 0.494 e. The van der Waals surface area contributed by atoms with Gasteiger partial charge in [0, 0.05) is 5.56 Å². The fourth-order valence-corrected chi connectivity index (χ4v) is 2.15. The predicted molar refractivity (Wildman–Crippen MR) is 92.7 cm³/mol. The summed E-state index contributed by atoms with van der Waals surface area (Å²) in [6, 6.07) is 14.0. The number of ether oxygens (including phenoxy) is 1. The Balaban J connectivity index is 1.96. The molecule has 0 saturated carbocycles. The van der Waals surface area contributed by atoms with Gasteiger partial charge in [0.2, 0.25) is 0 Å². The minimum Gasteiger partial charge on any atom is -0.494 e. The van der Waals surface area contributed by atoms with E-state index in [4.69, 9.17) is 28.6 Å². The van der Waals surface area contributed by atoms with Crippen LogP contribution in [-0.4, -0.2) is 17.6 Å². The lowest BCUT2D eigenvalue weighted by Gasteiger charge is -2.11. The molecular formula is C16H15ClN2O2S. The van der Waals surface area contributed by atoms with Crippen LogP contribution in [0, 0.1) is 0 Å². The molecule has 2 N–H and O–H groups in total. The summed E-state index contributed by atoms with van der Waals surface area (Å²) in [4.78, 5) is 12.1. The zero-order valence-corrected chi connectivity index (χ0v) is 13.5. The van der Waals surface area contributed by atoms with Crippen LogP contribution in [0.15, 0.2) is 48.5 Å². The standard InChI is InChI=1S/C16H15ClN2O2S/c1-2-21-12-9-7-11(8-10-12)15(20)19-16(22)18-14-6-4-3-5-13(14)17/h3-10H,2H2,1H3,(H2,18,19,20,22). The SMILES string of the molecule is CCOc1ccc(C(=O)NC(=S)Nc2ccccc2Cl)cc1. The lowest BCUT2D eigenvalue weighted by atomic mass is 10.2. The van der Waals surface area contributed by atoms with Crippen LogP contribution in [0.3, 0.4) is 0 Å². The summed E-state index contributed by atoms with van der Waals surface area (Å²) < 4.78 is 5.33. The van der Waals surface area contributed by atoms with Gasteiger partial charge in [-0.1, -0.05) is 23.7 Å². The van der Waals surface area contributed by atoms with Gasteiger partial charge in [0.05, 0.1) is 17.3 Å². The predicted octanol–water partition coefficient (Wildman–Crippen LogP) is 3.87. The van der Waals surface area contributed by atoms with Crippen molar-refractivity contribution >= 4 is 40.5 Å². The third kappa shape index (κ3) is 4.44. The Morgan fingerprint density at radius 2 is 1.86 bits per heavy atom. The molecule has 114 valence electrons. The Morgan fingerprint density at radius 3 is 2.50 bits per heavy atom. The molecule has 0 aromatic heterocycles. The van der Waals surface area contributed by atoms with E-state index in [-0.39, 0.29) is 11.0 Å². The number of hydrogen-bond donors (Lipinski definition) is 2. The van der Waals surface area contributed by atoms with Crippen LogP contribution in [0.5, 0.6) is 5.75 Å². The second-order valence-corrected chi connectivity index (χ2v) is 5.16. The first kappa shape index (κ1) is 16.3. The smallest absolute Gasteiger partial charge is 0.257 e. The summed E-state index contributed by atoms with van der Waals surface area (Å²) >= 11 is 11.1. The van der Waals surface area contributed by atoms with Crippen LogP contribution in [0.4, 0.5) is 5.69 Å². The molecule has 22 heavy (non-hydrogen) atoms. The van der Waals surface area contributed by atoms with Crippen molar-refractivity contribution < 1.29 is 9.53 Å². The number of anilines is 1. The maximum Gasteiger partial charge on any atom is 0.257 e. The number of hydrogen-bond acceptors (Lipinski definition) is 3. The van der Waals surface area contributed by atoms with Crippen molar-refractivity contribution in [2.75, 3.05) is 11.9 Å². The van der Waals surface area contributed by atoms with Crippen molar-refractivity contribution in [3.8, 4) is 5.75 Å². The molecule has 6 heteroatoms. The van der Waals surface area contributed by atoms with Gasteiger partial charge in [-0.05, 0) is 55.5 Å². The fraction of sp³-hybridized carbons (Fsp3) is 0.125. The minimum absolute atomic E-state index is 0.187. The fourth-order valence-electron chi connectivity index (χ4n) is 1.76. The number of para-hydroxylation sites is 1. The van der Waals surface area contributed by atoms with Gasteiger partial charge in [0.15, 0.2) is 5.11 Å². The Hall–Kier alpha value is -2.11. The van der Waals surface area contributed by atoms with Crippen LogP contribution >= 0.6 is 23.8 Å². The van der Waals surface area contributed by atoms with Gasteiger partial charge < -0.3 is 10.1 Å². The first-order chi connectivity index (χ1) is 10.6. The zero-order valence-electron chi connectivity index (χ0n) is 11.9. The van der Waals surface area contributed by atoms with E-state index in [0.717, 1.165) is 5.75 Å². The molecule has 0 fully saturated rings. The van der Waals surface area contributed by atoms with Gasteiger partial charge in [-0.15, -0.1) is 0 Å². The minimum atomic E-state index is -0.299. The van der Waals surface area contributed by atoms with E-state index >= 15 is 0 Å². The monoisotopic (exact) mass is 334 g/mol. The summed E-state index contributed by atoms with van der Waals surface area (Å²) in [7, 11) is 0. The van der Waals surface area contributed by atoms with E-state index in [2.05, 4.69) is 10.6 Å². The quantitative estimate of drug-likeness (QED) is 0.833. The van der Waals surface area contributed by atoms with Gasteiger partial charge in [-0.3, -0.25) is 10.1 Å². The number of thiocarbonyl (C=S) groups is 1. The highest BCUT2D eigenvalue weighted by atomic mass is 35.5. The summed E-state index contributed by atoms with van der Waals surface area (Å²) in [5, 5.41) is 6.21. The molecule has 1 amide bonds. The summed E-state index contributed by atoms with van der Waals surface area (Å²) in [5.74, 6) is 0.420. The van der Waals surface area contributed by atoms with Crippen molar-refractivity contribution in [1.82, 2.24) is 5.32 Å². The average molecular weight is 335 g/mol. The van der Waals surface area contributed by atoms with Crippen LogP contribution in [-0.2, 0) is 0 Å². The second kappa shape index (κ2) is 7.77. The van der Waals surface area contributed by atoms with Gasteiger partial charge in [-0.25, -0.2) is 0 Å². The molecule has 0 atom stereocenters. The molecule has 2 aromatic rings. The third-order valence-corrected chi connectivity index (χ3v) is 3.31. The normalized spacial score (nSPS) is 9.91. The van der Waals surface area contributed by atoms with Gasteiger partial charge >= 0.3 is 0 Å². The molecule has 2 aromatic carbocycles. The van der Waals surface area contributed by atoms with Crippen LogP contribution in [0.25, 0.3) is 0 Å². The van der Waals surface area contributed by atoms with Crippen molar-refractivity contribution in [2.24, 2.45) is 0 Å². The van der Waals surface area contributed by atoms with Crippen molar-refractivity contribution in [3.05, 3.63) is 59.1 Å². The van der Waals surface area contributed by atoms with Crippen molar-refractivity contribution in [2.45, 2.75) is 6.92 Å². The number of carbonyl (C=O) groups is 1. The van der Waals surface area contributed by atoms with E-state index in [9.17, 15) is 4.79 Å². The first-order valence-electron chi connectivity index (χ1n) is 6.70. The lowest BCUT2D eigenvalue weighted by Crippen LogP contribution is -2.34. The summed E-state index contributed by atoms with van der Waals surface area (Å²) in [5.41, 5.74) is 1.13. The molecule has 0 heterocycles. The van der Waals surface area contributed by atoms with E-state index in [0.29, 0.717) is 22.9 Å². The number of carbonyl (C=O) groups excluding carboxylic acids is 1. The zero-order chi connectivity index (χ0) is 15.9. The lowest BCUT2D eigenvalue weighted by molar-refractivity contribution is 0.0977. The maximum absolute atomic E-state index is 12.1. The average Bonchev–Trinajstić information content (AvgIpc) is 2.50. The van der Waals surface area contributed by atoms with Gasteiger partial charge in [0.25, 0.3) is 5.91 Å². The second-order valence-electron chi connectivity index (χ2n) is 4.35. The highest BCUT2D eigenvalue weighted by Gasteiger charge is 2.09. The number of halogens is 1. The molecule has 4 nitrogen and oxygen atoms in total. The molecule has 0 spiro atoms. The van der Waals surface area contributed by atoms with E-state index < -0.39 is 0 Å². The van der Waals surface area contributed by atoms with Crippen LogP contribution < -0.4 is 15.4 Å². The van der Waals surface area contributed by atoms with Gasteiger partial charge in [0.1, 0.15) is 5.75 Å². The molecule has 0 radical (unpaired) electrons. The molecular weight excluding hydrogens is 320 g/mol. The highest BCUT2D eigenvalue weighted by molar-refractivity contribution is 7.80. The molecule has 0 saturated heterocycles. The van der Waals surface area contributed by atoms with E-state index in [1.165, 1.54) is 0 Å². The molecule has 0 bridgehead atoms.